The summed E-state index contributed by atoms with van der Waals surface area (Å²) >= 11 is 0. The fourth-order valence-electron chi connectivity index (χ4n) is 1.73. The molecule has 0 bridgehead atoms. The largest absolute Gasteiger partial charge is 0.497 e. The van der Waals surface area contributed by atoms with Gasteiger partial charge in [0.15, 0.2) is 5.96 Å². The Hall–Kier alpha value is -0.980. The Labute approximate surface area is 139 Å². The number of rotatable bonds is 7. The van der Waals surface area contributed by atoms with Gasteiger partial charge in [0.2, 0.25) is 0 Å². The molecule has 0 atom stereocenters. The second-order valence-electron chi connectivity index (χ2n) is 4.41. The fraction of sp³-hybridized carbons (Fsp3) is 0.533. The Bertz CT molecular complexity index is 379. The number of benzene rings is 1. The van der Waals surface area contributed by atoms with Gasteiger partial charge in [-0.3, -0.25) is 4.99 Å². The van der Waals surface area contributed by atoms with Crippen molar-refractivity contribution < 1.29 is 4.74 Å². The van der Waals surface area contributed by atoms with Gasteiger partial charge >= 0.3 is 0 Å². The number of hydrogen-bond donors (Lipinski definition) is 2. The lowest BCUT2D eigenvalue weighted by Gasteiger charge is -2.12. The van der Waals surface area contributed by atoms with E-state index >= 15 is 0 Å². The van der Waals surface area contributed by atoms with Crippen molar-refractivity contribution in [2.75, 3.05) is 20.7 Å². The molecule has 20 heavy (non-hydrogen) atoms. The van der Waals surface area contributed by atoms with Gasteiger partial charge in [-0.15, -0.1) is 24.0 Å². The minimum Gasteiger partial charge on any atom is -0.497 e. The Morgan fingerprint density at radius 3 is 2.40 bits per heavy atom. The van der Waals surface area contributed by atoms with Crippen molar-refractivity contribution in [1.82, 2.24) is 10.6 Å². The molecule has 0 aromatic heterocycles. The summed E-state index contributed by atoms with van der Waals surface area (Å²) in [6.45, 7) is 3.93. The van der Waals surface area contributed by atoms with Crippen molar-refractivity contribution in [2.24, 2.45) is 4.99 Å². The van der Waals surface area contributed by atoms with E-state index < -0.39 is 0 Å². The van der Waals surface area contributed by atoms with Gasteiger partial charge in [0.1, 0.15) is 5.75 Å². The minimum atomic E-state index is 0. The van der Waals surface area contributed by atoms with Crippen LogP contribution in [0.25, 0.3) is 0 Å². The summed E-state index contributed by atoms with van der Waals surface area (Å²) in [6.07, 6.45) is 3.67. The molecule has 0 fully saturated rings. The average Bonchev–Trinajstić information content (AvgIpc) is 2.47. The number of ether oxygens (including phenoxy) is 1. The topological polar surface area (TPSA) is 45.7 Å². The first-order valence-electron chi connectivity index (χ1n) is 6.87. The van der Waals surface area contributed by atoms with Gasteiger partial charge in [-0.25, -0.2) is 0 Å². The third-order valence-electron chi connectivity index (χ3n) is 2.92. The number of aliphatic imine (C=N–C) groups is 1. The highest BCUT2D eigenvalue weighted by molar-refractivity contribution is 14.0. The predicted molar refractivity (Wildman–Crippen MR) is 96.1 cm³/mol. The Balaban J connectivity index is 0.00000361. The van der Waals surface area contributed by atoms with Crippen molar-refractivity contribution >= 4 is 29.9 Å². The van der Waals surface area contributed by atoms with E-state index in [-0.39, 0.29) is 24.0 Å². The Morgan fingerprint density at radius 1 is 1.15 bits per heavy atom. The average molecular weight is 391 g/mol. The molecule has 0 saturated heterocycles. The molecule has 0 heterocycles. The maximum absolute atomic E-state index is 5.14. The van der Waals surface area contributed by atoms with E-state index in [1.54, 1.807) is 14.2 Å². The highest BCUT2D eigenvalue weighted by Crippen LogP contribution is 2.10. The molecule has 1 aromatic carbocycles. The fourth-order valence-corrected chi connectivity index (χ4v) is 1.73. The van der Waals surface area contributed by atoms with Gasteiger partial charge in [0.25, 0.3) is 0 Å². The van der Waals surface area contributed by atoms with Crippen LogP contribution in [-0.2, 0) is 6.54 Å². The zero-order valence-electron chi connectivity index (χ0n) is 12.6. The van der Waals surface area contributed by atoms with Crippen LogP contribution in [0, 0.1) is 0 Å². The van der Waals surface area contributed by atoms with E-state index in [0.29, 0.717) is 0 Å². The van der Waals surface area contributed by atoms with E-state index in [2.05, 4.69) is 34.7 Å². The molecule has 4 nitrogen and oxygen atoms in total. The SMILES string of the molecule is CCCCCNC(=NC)NCc1ccc(OC)cc1.I. The lowest BCUT2D eigenvalue weighted by molar-refractivity contribution is 0.414. The standard InChI is InChI=1S/C15H25N3O.HI/c1-4-5-6-11-17-15(16-2)18-12-13-7-9-14(19-3)10-8-13;/h7-10H,4-6,11-12H2,1-3H3,(H2,16,17,18);1H. The molecular formula is C15H26IN3O. The van der Waals surface area contributed by atoms with Gasteiger partial charge < -0.3 is 15.4 Å². The zero-order chi connectivity index (χ0) is 13.9. The number of guanidine groups is 1. The molecule has 0 radical (unpaired) electrons. The number of hydrogen-bond acceptors (Lipinski definition) is 2. The molecule has 0 amide bonds. The second kappa shape index (κ2) is 11.8. The molecular weight excluding hydrogens is 365 g/mol. The van der Waals surface area contributed by atoms with Gasteiger partial charge in [-0.2, -0.15) is 0 Å². The molecule has 0 aliphatic heterocycles. The number of halogens is 1. The first-order chi connectivity index (χ1) is 9.30. The van der Waals surface area contributed by atoms with Crippen LogP contribution in [0.1, 0.15) is 31.7 Å². The summed E-state index contributed by atoms with van der Waals surface area (Å²) in [5.41, 5.74) is 1.21. The number of methoxy groups -OCH3 is 1. The molecule has 0 aliphatic carbocycles. The quantitative estimate of drug-likeness (QED) is 0.325. The third kappa shape index (κ3) is 7.57. The van der Waals surface area contributed by atoms with Crippen LogP contribution >= 0.6 is 24.0 Å². The predicted octanol–water partition coefficient (Wildman–Crippen LogP) is 3.17. The molecule has 0 spiro atoms. The van der Waals surface area contributed by atoms with Crippen LogP contribution in [0.4, 0.5) is 0 Å². The molecule has 2 N–H and O–H groups in total. The smallest absolute Gasteiger partial charge is 0.191 e. The van der Waals surface area contributed by atoms with E-state index in [9.17, 15) is 0 Å². The van der Waals surface area contributed by atoms with Crippen molar-refractivity contribution in [3.63, 3.8) is 0 Å². The highest BCUT2D eigenvalue weighted by Gasteiger charge is 1.98. The van der Waals surface area contributed by atoms with Gasteiger partial charge in [0.05, 0.1) is 7.11 Å². The minimum absolute atomic E-state index is 0. The molecule has 5 heteroatoms. The van der Waals surface area contributed by atoms with Crippen LogP contribution in [0.3, 0.4) is 0 Å². The van der Waals surface area contributed by atoms with Crippen molar-refractivity contribution in [3.05, 3.63) is 29.8 Å². The lowest BCUT2D eigenvalue weighted by Crippen LogP contribution is -2.37. The van der Waals surface area contributed by atoms with Crippen molar-refractivity contribution in [3.8, 4) is 5.75 Å². The van der Waals surface area contributed by atoms with Crippen LogP contribution in [0.5, 0.6) is 5.75 Å². The maximum Gasteiger partial charge on any atom is 0.191 e. The number of unbranched alkanes of at least 4 members (excludes halogenated alkanes) is 2. The summed E-state index contributed by atoms with van der Waals surface area (Å²) in [6, 6.07) is 8.04. The monoisotopic (exact) mass is 391 g/mol. The highest BCUT2D eigenvalue weighted by atomic mass is 127. The molecule has 1 aromatic rings. The summed E-state index contributed by atoms with van der Waals surface area (Å²) in [4.78, 5) is 4.20. The van der Waals surface area contributed by atoms with Crippen LogP contribution in [-0.4, -0.2) is 26.7 Å². The van der Waals surface area contributed by atoms with E-state index in [0.717, 1.165) is 24.8 Å². The molecule has 1 rings (SSSR count). The number of nitrogens with one attached hydrogen (secondary N) is 2. The van der Waals surface area contributed by atoms with E-state index in [1.807, 2.05) is 12.1 Å². The normalized spacial score (nSPS) is 10.7. The summed E-state index contributed by atoms with van der Waals surface area (Å²) < 4.78 is 5.14. The lowest BCUT2D eigenvalue weighted by atomic mass is 10.2. The maximum atomic E-state index is 5.14. The zero-order valence-corrected chi connectivity index (χ0v) is 14.9. The third-order valence-corrected chi connectivity index (χ3v) is 2.92. The molecule has 0 aliphatic rings. The Kier molecular flexibility index (Phi) is 11.2. The number of nitrogens with zero attached hydrogens (tertiary/aromatic N) is 1. The van der Waals surface area contributed by atoms with Gasteiger partial charge in [0, 0.05) is 20.1 Å². The summed E-state index contributed by atoms with van der Waals surface area (Å²) in [5, 5.41) is 6.61. The van der Waals surface area contributed by atoms with Gasteiger partial charge in [-0.05, 0) is 24.1 Å². The first-order valence-corrected chi connectivity index (χ1v) is 6.87. The van der Waals surface area contributed by atoms with Crippen molar-refractivity contribution in [1.29, 1.82) is 0 Å². The van der Waals surface area contributed by atoms with E-state index in [4.69, 9.17) is 4.74 Å². The molecule has 114 valence electrons. The van der Waals surface area contributed by atoms with Crippen LogP contribution in [0.2, 0.25) is 0 Å². The van der Waals surface area contributed by atoms with Crippen LogP contribution < -0.4 is 15.4 Å². The molecule has 0 saturated carbocycles. The summed E-state index contributed by atoms with van der Waals surface area (Å²) in [7, 11) is 3.47. The Morgan fingerprint density at radius 2 is 1.85 bits per heavy atom. The van der Waals surface area contributed by atoms with Crippen molar-refractivity contribution in [2.45, 2.75) is 32.7 Å². The molecule has 0 unspecified atom stereocenters. The van der Waals surface area contributed by atoms with E-state index in [1.165, 1.54) is 24.8 Å². The van der Waals surface area contributed by atoms with Gasteiger partial charge in [-0.1, -0.05) is 31.9 Å². The van der Waals surface area contributed by atoms with Crippen LogP contribution in [0.15, 0.2) is 29.3 Å². The second-order valence-corrected chi connectivity index (χ2v) is 4.41. The first kappa shape index (κ1) is 19.0. The summed E-state index contributed by atoms with van der Waals surface area (Å²) in [5.74, 6) is 1.73.